The van der Waals surface area contributed by atoms with E-state index in [-0.39, 0.29) is 16.9 Å². The number of benzene rings is 1. The summed E-state index contributed by atoms with van der Waals surface area (Å²) in [7, 11) is 0. The van der Waals surface area contributed by atoms with Crippen LogP contribution in [-0.4, -0.2) is 39.0 Å². The maximum absolute atomic E-state index is 14.2. The molecule has 1 aromatic carbocycles. The van der Waals surface area contributed by atoms with Gasteiger partial charge in [-0.05, 0) is 39.0 Å². The first kappa shape index (κ1) is 19.8. The van der Waals surface area contributed by atoms with E-state index in [0.717, 1.165) is 9.37 Å². The zero-order valence-electron chi connectivity index (χ0n) is 15.9. The Hall–Kier alpha value is -2.49. The van der Waals surface area contributed by atoms with Crippen molar-refractivity contribution in [3.8, 4) is 0 Å². The van der Waals surface area contributed by atoms with Crippen molar-refractivity contribution >= 4 is 44.1 Å². The first-order chi connectivity index (χ1) is 13.4. The summed E-state index contributed by atoms with van der Waals surface area (Å²) in [4.78, 5) is 32.9. The van der Waals surface area contributed by atoms with Gasteiger partial charge in [-0.3, -0.25) is 9.69 Å². The first-order valence-corrected chi connectivity index (χ1v) is 9.72. The maximum atomic E-state index is 14.2. The summed E-state index contributed by atoms with van der Waals surface area (Å²) in [5.41, 5.74) is -0.761. The van der Waals surface area contributed by atoms with Crippen LogP contribution in [0, 0.1) is 0 Å². The Morgan fingerprint density at radius 3 is 2.83 bits per heavy atom. The van der Waals surface area contributed by atoms with Crippen molar-refractivity contribution in [2.45, 2.75) is 44.8 Å². The number of hydrogen-bond acceptors (Lipinski definition) is 5. The van der Waals surface area contributed by atoms with Gasteiger partial charge in [0.05, 0.1) is 12.6 Å². The summed E-state index contributed by atoms with van der Waals surface area (Å²) in [6, 6.07) is 4.03. The Kier molecular flexibility index (Phi) is 4.45. The number of amides is 1. The fraction of sp³-hybridized carbons (Fsp3) is 0.421. The predicted molar refractivity (Wildman–Crippen MR) is 105 cm³/mol. The molecule has 1 atom stereocenters. The number of H-pyrrole nitrogens is 1. The van der Waals surface area contributed by atoms with Crippen LogP contribution in [0.2, 0.25) is 0 Å². The van der Waals surface area contributed by atoms with E-state index >= 15 is 0 Å². The average molecular weight is 470 g/mol. The van der Waals surface area contributed by atoms with Crippen LogP contribution in [0.5, 0.6) is 0 Å². The lowest BCUT2D eigenvalue weighted by Gasteiger charge is -2.27. The van der Waals surface area contributed by atoms with Crippen LogP contribution in [0.3, 0.4) is 0 Å². The molecule has 0 radical (unpaired) electrons. The molecule has 0 bridgehead atoms. The van der Waals surface area contributed by atoms with Crippen molar-refractivity contribution in [3.63, 3.8) is 0 Å². The third-order valence-corrected chi connectivity index (χ3v) is 5.01. The molecule has 29 heavy (non-hydrogen) atoms. The number of carbonyl (C=O) groups is 1. The lowest BCUT2D eigenvalue weighted by Crippen LogP contribution is -2.38. The summed E-state index contributed by atoms with van der Waals surface area (Å²) in [5.74, 6) is -3.16. The highest BCUT2D eigenvalue weighted by Crippen LogP contribution is 2.41. The normalized spacial score (nSPS) is 19.2. The number of aromatic nitrogens is 2. The number of halogens is 3. The zero-order valence-corrected chi connectivity index (χ0v) is 17.5. The molecule has 3 aromatic rings. The molecule has 1 N–H and O–H groups in total. The Balaban J connectivity index is 1.83. The van der Waals surface area contributed by atoms with E-state index in [1.807, 2.05) is 0 Å². The number of ether oxygens (including phenoxy) is 1. The molecule has 2 aromatic heterocycles. The third-order valence-electron chi connectivity index (χ3n) is 4.52. The zero-order chi connectivity index (χ0) is 21.1. The molecule has 0 saturated carbocycles. The number of nitrogens with zero attached hydrogens (tertiary/aromatic N) is 2. The Labute approximate surface area is 172 Å². The highest BCUT2D eigenvalue weighted by atomic mass is 79.9. The van der Waals surface area contributed by atoms with Crippen molar-refractivity contribution in [2.24, 2.45) is 0 Å². The lowest BCUT2D eigenvalue weighted by molar-refractivity contribution is -0.00248. The van der Waals surface area contributed by atoms with Crippen LogP contribution in [0.15, 0.2) is 31.9 Å². The van der Waals surface area contributed by atoms with E-state index in [1.165, 1.54) is 0 Å². The number of carbonyl (C=O) groups excluding carboxylic acids is 1. The second-order valence-corrected chi connectivity index (χ2v) is 8.97. The summed E-state index contributed by atoms with van der Waals surface area (Å²) >= 11 is 3.35. The number of rotatable bonds is 1. The number of nitrogens with one attached hydrogen (secondary N) is 1. The van der Waals surface area contributed by atoms with E-state index in [1.54, 1.807) is 39.0 Å². The van der Waals surface area contributed by atoms with Gasteiger partial charge in [0, 0.05) is 16.3 Å². The number of furan rings is 1. The highest BCUT2D eigenvalue weighted by Gasteiger charge is 2.50. The van der Waals surface area contributed by atoms with Crippen LogP contribution in [-0.2, 0) is 4.74 Å². The van der Waals surface area contributed by atoms with Gasteiger partial charge in [-0.15, -0.1) is 0 Å². The quantitative estimate of drug-likeness (QED) is 0.555. The second-order valence-electron chi connectivity index (χ2n) is 8.06. The van der Waals surface area contributed by atoms with Gasteiger partial charge >= 0.3 is 6.09 Å². The minimum absolute atomic E-state index is 0.00424. The van der Waals surface area contributed by atoms with Gasteiger partial charge < -0.3 is 14.1 Å². The molecule has 1 saturated heterocycles. The summed E-state index contributed by atoms with van der Waals surface area (Å²) in [5, 5.41) is 0.565. The van der Waals surface area contributed by atoms with Crippen molar-refractivity contribution in [3.05, 3.63) is 38.9 Å². The molecule has 10 heteroatoms. The monoisotopic (exact) mass is 469 g/mol. The Bertz CT molecular complexity index is 1180. The highest BCUT2D eigenvalue weighted by molar-refractivity contribution is 9.10. The van der Waals surface area contributed by atoms with E-state index in [0.29, 0.717) is 11.0 Å². The average Bonchev–Trinajstić information content (AvgIpc) is 3.11. The summed E-state index contributed by atoms with van der Waals surface area (Å²) < 4.78 is 40.0. The molecular formula is C19H18BrF2N3O4. The molecule has 0 unspecified atom stereocenters. The van der Waals surface area contributed by atoms with E-state index in [2.05, 4.69) is 25.9 Å². The first-order valence-electron chi connectivity index (χ1n) is 8.93. The molecule has 7 nitrogen and oxygen atoms in total. The van der Waals surface area contributed by atoms with Gasteiger partial charge in [-0.2, -0.15) is 0 Å². The fourth-order valence-corrected chi connectivity index (χ4v) is 3.74. The van der Waals surface area contributed by atoms with Crippen LogP contribution >= 0.6 is 15.9 Å². The van der Waals surface area contributed by atoms with Crippen molar-refractivity contribution in [2.75, 3.05) is 6.54 Å². The van der Waals surface area contributed by atoms with E-state index in [4.69, 9.17) is 9.15 Å². The second kappa shape index (κ2) is 6.51. The molecule has 4 rings (SSSR count). The minimum Gasteiger partial charge on any atom is -0.449 e. The standard InChI is InChI=1S/C19H18BrF2N3O4/c1-18(2,3)29-17(27)25-8-19(21,22)7-11(25)15-23-13-10-6-9(20)4-5-12(10)28-14(13)16(26)24-15/h4-6,11H,7-8H2,1-3H3,(H,23,24,26)/t11-/m1/s1. The SMILES string of the molecule is CC(C)(C)OC(=O)N1CC(F)(F)C[C@@H]1c1nc2c(oc3ccc(Br)cc32)c(=O)[nH]1. The van der Waals surface area contributed by atoms with Crippen LogP contribution < -0.4 is 5.56 Å². The topological polar surface area (TPSA) is 88.4 Å². The van der Waals surface area contributed by atoms with Gasteiger partial charge in [0.15, 0.2) is 0 Å². The number of aromatic amines is 1. The maximum Gasteiger partial charge on any atom is 0.411 e. The Morgan fingerprint density at radius 1 is 1.41 bits per heavy atom. The number of hydrogen-bond donors (Lipinski definition) is 1. The van der Waals surface area contributed by atoms with E-state index in [9.17, 15) is 18.4 Å². The summed E-state index contributed by atoms with van der Waals surface area (Å²) in [6.45, 7) is 4.13. The fourth-order valence-electron chi connectivity index (χ4n) is 3.37. The van der Waals surface area contributed by atoms with Crippen LogP contribution in [0.4, 0.5) is 13.6 Å². The number of likely N-dealkylation sites (tertiary alicyclic amines) is 1. The smallest absolute Gasteiger partial charge is 0.411 e. The van der Waals surface area contributed by atoms with Gasteiger partial charge in [0.1, 0.15) is 22.5 Å². The Morgan fingerprint density at radius 2 is 2.14 bits per heavy atom. The van der Waals surface area contributed by atoms with Gasteiger partial charge in [-0.1, -0.05) is 15.9 Å². The molecule has 1 aliphatic heterocycles. The lowest BCUT2D eigenvalue weighted by atomic mass is 10.1. The summed E-state index contributed by atoms with van der Waals surface area (Å²) in [6.07, 6.45) is -1.55. The largest absolute Gasteiger partial charge is 0.449 e. The van der Waals surface area contributed by atoms with Crippen molar-refractivity contribution in [1.82, 2.24) is 14.9 Å². The van der Waals surface area contributed by atoms with E-state index < -0.39 is 42.2 Å². The molecule has 1 fully saturated rings. The van der Waals surface area contributed by atoms with Crippen LogP contribution in [0.25, 0.3) is 22.1 Å². The molecule has 0 aliphatic carbocycles. The predicted octanol–water partition coefficient (Wildman–Crippen LogP) is 4.75. The molecule has 1 aliphatic rings. The van der Waals surface area contributed by atoms with Gasteiger partial charge in [-0.25, -0.2) is 18.6 Å². The minimum atomic E-state index is -3.13. The van der Waals surface area contributed by atoms with Crippen molar-refractivity contribution in [1.29, 1.82) is 0 Å². The van der Waals surface area contributed by atoms with Crippen molar-refractivity contribution < 1.29 is 22.7 Å². The third kappa shape index (κ3) is 3.73. The number of alkyl halides is 2. The van der Waals surface area contributed by atoms with Gasteiger partial charge in [0.2, 0.25) is 5.58 Å². The molecule has 3 heterocycles. The molecule has 1 amide bonds. The molecule has 0 spiro atoms. The molecule has 154 valence electrons. The van der Waals surface area contributed by atoms with Gasteiger partial charge in [0.25, 0.3) is 11.5 Å². The molecular weight excluding hydrogens is 452 g/mol. The number of fused-ring (bicyclic) bond motifs is 3. The van der Waals surface area contributed by atoms with Crippen LogP contribution in [0.1, 0.15) is 39.1 Å².